The third kappa shape index (κ3) is 3.53. The zero-order valence-electron chi connectivity index (χ0n) is 15.4. The van der Waals surface area contributed by atoms with Gasteiger partial charge in [-0.05, 0) is 43.2 Å². The highest BCUT2D eigenvalue weighted by Crippen LogP contribution is 2.37. The van der Waals surface area contributed by atoms with Crippen LogP contribution < -0.4 is 0 Å². The maximum atomic E-state index is 13.2. The van der Waals surface area contributed by atoms with Crippen molar-refractivity contribution < 1.29 is 18.7 Å². The summed E-state index contributed by atoms with van der Waals surface area (Å²) in [5, 5.41) is 0. The minimum atomic E-state index is -0.572. The van der Waals surface area contributed by atoms with Crippen molar-refractivity contribution in [3.8, 4) is 0 Å². The molecule has 1 atom stereocenters. The minimum Gasteiger partial charge on any atom is -0.465 e. The van der Waals surface area contributed by atoms with E-state index in [4.69, 9.17) is 4.74 Å². The van der Waals surface area contributed by atoms with Crippen molar-refractivity contribution in [1.29, 1.82) is 0 Å². The Morgan fingerprint density at radius 1 is 1.11 bits per heavy atom. The lowest BCUT2D eigenvalue weighted by atomic mass is 10.0. The van der Waals surface area contributed by atoms with Crippen LogP contribution in [0, 0.1) is 5.82 Å². The summed E-state index contributed by atoms with van der Waals surface area (Å²) in [6.45, 7) is 3.64. The summed E-state index contributed by atoms with van der Waals surface area (Å²) in [5.74, 6) is -1.22. The van der Waals surface area contributed by atoms with E-state index >= 15 is 0 Å². The third-order valence-corrected chi connectivity index (χ3v) is 4.68. The summed E-state index contributed by atoms with van der Waals surface area (Å²) in [6, 6.07) is 15.1. The Hall–Kier alpha value is -3.21. The van der Waals surface area contributed by atoms with Crippen LogP contribution >= 0.6 is 0 Å². The summed E-state index contributed by atoms with van der Waals surface area (Å²) in [5.41, 5.74) is 2.60. The van der Waals surface area contributed by atoms with E-state index in [-0.39, 0.29) is 28.9 Å². The highest BCUT2D eigenvalue weighted by atomic mass is 19.1. The van der Waals surface area contributed by atoms with Crippen molar-refractivity contribution in [2.45, 2.75) is 19.9 Å². The van der Waals surface area contributed by atoms with Gasteiger partial charge < -0.3 is 9.64 Å². The van der Waals surface area contributed by atoms with Crippen molar-refractivity contribution in [3.63, 3.8) is 0 Å². The number of carbonyl (C=O) groups excluding carboxylic acids is 2. The fraction of sp³-hybridized carbons (Fsp3) is 0.182. The maximum absolute atomic E-state index is 13.2. The second kappa shape index (κ2) is 7.58. The molecule has 0 aliphatic carbocycles. The molecule has 0 aromatic heterocycles. The van der Waals surface area contributed by atoms with Crippen LogP contribution in [0.15, 0.2) is 71.4 Å². The van der Waals surface area contributed by atoms with Gasteiger partial charge >= 0.3 is 5.97 Å². The molecule has 2 aromatic carbocycles. The standard InChI is InChI=1S/C22H20FNO3/c1-14(17-7-5-4-6-8-17)24-15(2)20(22(26)27-3)19(21(24)25)13-16-9-11-18(23)12-10-16/h4-14H,1-3H3/b19-13+/t14-/m0/s1. The van der Waals surface area contributed by atoms with Gasteiger partial charge in [-0.3, -0.25) is 4.79 Å². The molecule has 0 unspecified atom stereocenters. The van der Waals surface area contributed by atoms with Gasteiger partial charge in [0, 0.05) is 5.70 Å². The molecule has 0 saturated carbocycles. The van der Waals surface area contributed by atoms with Crippen LogP contribution in [-0.2, 0) is 14.3 Å². The van der Waals surface area contributed by atoms with Gasteiger partial charge in [-0.15, -0.1) is 0 Å². The molecule has 27 heavy (non-hydrogen) atoms. The number of halogens is 1. The van der Waals surface area contributed by atoms with Crippen molar-refractivity contribution in [2.24, 2.45) is 0 Å². The second-order valence-corrected chi connectivity index (χ2v) is 6.32. The topological polar surface area (TPSA) is 46.6 Å². The smallest absolute Gasteiger partial charge is 0.340 e. The number of allylic oxidation sites excluding steroid dienone is 1. The van der Waals surface area contributed by atoms with E-state index in [0.717, 1.165) is 5.56 Å². The molecule has 0 saturated heterocycles. The first kappa shape index (κ1) is 18.6. The Labute approximate surface area is 157 Å². The average Bonchev–Trinajstić information content (AvgIpc) is 2.93. The lowest BCUT2D eigenvalue weighted by Gasteiger charge is -2.26. The highest BCUT2D eigenvalue weighted by molar-refractivity contribution is 6.16. The lowest BCUT2D eigenvalue weighted by Crippen LogP contribution is -2.28. The molecule has 0 N–H and O–H groups in total. The van der Waals surface area contributed by atoms with Crippen LogP contribution in [0.5, 0.6) is 0 Å². The Morgan fingerprint density at radius 2 is 1.74 bits per heavy atom. The first-order chi connectivity index (χ1) is 12.9. The third-order valence-electron chi connectivity index (χ3n) is 4.68. The molecular formula is C22H20FNO3. The van der Waals surface area contributed by atoms with Gasteiger partial charge in [0.1, 0.15) is 5.82 Å². The van der Waals surface area contributed by atoms with Gasteiger partial charge in [-0.2, -0.15) is 0 Å². The molecule has 0 fully saturated rings. The van der Waals surface area contributed by atoms with Crippen molar-refractivity contribution >= 4 is 18.0 Å². The van der Waals surface area contributed by atoms with Gasteiger partial charge in [-0.1, -0.05) is 42.5 Å². The summed E-state index contributed by atoms with van der Waals surface area (Å²) >= 11 is 0. The zero-order valence-corrected chi connectivity index (χ0v) is 15.4. The Morgan fingerprint density at radius 3 is 2.33 bits per heavy atom. The Kier molecular flexibility index (Phi) is 5.21. The second-order valence-electron chi connectivity index (χ2n) is 6.32. The maximum Gasteiger partial charge on any atom is 0.340 e. The monoisotopic (exact) mass is 365 g/mol. The van der Waals surface area contributed by atoms with Crippen LogP contribution in [0.25, 0.3) is 6.08 Å². The fourth-order valence-corrected chi connectivity index (χ4v) is 3.27. The van der Waals surface area contributed by atoms with E-state index in [1.54, 1.807) is 30.0 Å². The normalized spacial score (nSPS) is 16.8. The lowest BCUT2D eigenvalue weighted by molar-refractivity contribution is -0.136. The number of benzene rings is 2. The van der Waals surface area contributed by atoms with Crippen LogP contribution in [0.4, 0.5) is 4.39 Å². The number of amides is 1. The van der Waals surface area contributed by atoms with E-state index in [9.17, 15) is 14.0 Å². The van der Waals surface area contributed by atoms with Crippen molar-refractivity contribution in [1.82, 2.24) is 4.90 Å². The SMILES string of the molecule is COC(=O)C1=C(C)N([C@@H](C)c2ccccc2)C(=O)/C1=C/c1ccc(F)cc1. The molecule has 4 nitrogen and oxygen atoms in total. The van der Waals surface area contributed by atoms with Crippen molar-refractivity contribution in [2.75, 3.05) is 7.11 Å². The largest absolute Gasteiger partial charge is 0.465 e. The molecule has 1 heterocycles. The van der Waals surface area contributed by atoms with E-state index in [1.807, 2.05) is 37.3 Å². The quantitative estimate of drug-likeness (QED) is 0.601. The average molecular weight is 365 g/mol. The molecule has 5 heteroatoms. The van der Waals surface area contributed by atoms with Gasteiger partial charge in [0.25, 0.3) is 5.91 Å². The summed E-state index contributed by atoms with van der Waals surface area (Å²) in [7, 11) is 1.28. The first-order valence-corrected chi connectivity index (χ1v) is 8.59. The molecule has 1 amide bonds. The summed E-state index contributed by atoms with van der Waals surface area (Å²) < 4.78 is 18.1. The van der Waals surface area contributed by atoms with Crippen LogP contribution in [0.3, 0.4) is 0 Å². The first-order valence-electron chi connectivity index (χ1n) is 8.59. The molecule has 0 spiro atoms. The predicted molar refractivity (Wildman–Crippen MR) is 101 cm³/mol. The molecule has 2 aromatic rings. The number of esters is 1. The molecule has 0 bridgehead atoms. The fourth-order valence-electron chi connectivity index (χ4n) is 3.27. The van der Waals surface area contributed by atoms with E-state index in [1.165, 1.54) is 19.2 Å². The van der Waals surface area contributed by atoms with Gasteiger partial charge in [-0.25, -0.2) is 9.18 Å². The number of hydrogen-bond acceptors (Lipinski definition) is 3. The summed E-state index contributed by atoms with van der Waals surface area (Å²) in [4.78, 5) is 27.1. The molecule has 3 rings (SSSR count). The zero-order chi connectivity index (χ0) is 19.6. The predicted octanol–water partition coefficient (Wildman–Crippen LogP) is 4.26. The molecule has 138 valence electrons. The molecule has 0 radical (unpaired) electrons. The highest BCUT2D eigenvalue weighted by Gasteiger charge is 2.39. The Balaban J connectivity index is 2.08. The molecular weight excluding hydrogens is 345 g/mol. The van der Waals surface area contributed by atoms with E-state index in [2.05, 4.69) is 0 Å². The molecule has 1 aliphatic heterocycles. The van der Waals surface area contributed by atoms with Crippen LogP contribution in [-0.4, -0.2) is 23.9 Å². The molecule has 1 aliphatic rings. The number of nitrogens with zero attached hydrogens (tertiary/aromatic N) is 1. The van der Waals surface area contributed by atoms with Gasteiger partial charge in [0.05, 0.1) is 24.3 Å². The van der Waals surface area contributed by atoms with E-state index in [0.29, 0.717) is 11.3 Å². The minimum absolute atomic E-state index is 0.231. The number of methoxy groups -OCH3 is 1. The number of carbonyl (C=O) groups is 2. The Bertz CT molecular complexity index is 930. The summed E-state index contributed by atoms with van der Waals surface area (Å²) in [6.07, 6.45) is 1.59. The van der Waals surface area contributed by atoms with Crippen LogP contribution in [0.1, 0.15) is 31.0 Å². The van der Waals surface area contributed by atoms with E-state index < -0.39 is 5.97 Å². The van der Waals surface area contributed by atoms with Gasteiger partial charge in [0.15, 0.2) is 0 Å². The number of hydrogen-bond donors (Lipinski definition) is 0. The number of rotatable bonds is 4. The van der Waals surface area contributed by atoms with Crippen molar-refractivity contribution in [3.05, 3.63) is 88.4 Å². The van der Waals surface area contributed by atoms with Crippen LogP contribution in [0.2, 0.25) is 0 Å². The number of ether oxygens (including phenoxy) is 1. The van der Waals surface area contributed by atoms with Gasteiger partial charge in [0.2, 0.25) is 0 Å².